The number of rotatable bonds is 7. The van der Waals surface area contributed by atoms with Crippen molar-refractivity contribution in [3.8, 4) is 0 Å². The Morgan fingerprint density at radius 2 is 2.00 bits per heavy atom. The van der Waals surface area contributed by atoms with Crippen molar-refractivity contribution in [2.75, 3.05) is 19.4 Å². The molecule has 0 spiro atoms. The third-order valence-corrected chi connectivity index (χ3v) is 5.42. The average molecular weight is 338 g/mol. The zero-order valence-electron chi connectivity index (χ0n) is 13.6. The van der Waals surface area contributed by atoms with Crippen molar-refractivity contribution in [2.24, 2.45) is 0 Å². The Kier molecular flexibility index (Phi) is 7.55. The number of ether oxygens (including phenoxy) is 1. The van der Waals surface area contributed by atoms with Crippen LogP contribution >= 0.6 is 0 Å². The second kappa shape index (κ2) is 9.67. The SMILES string of the molecule is CO[C@@H]1CCCC[C@@H]1NC(=O)NCC[S@@](=O)Cc1ccccc1. The number of carbonyl (C=O) groups excluding carboxylic acids is 1. The van der Waals surface area contributed by atoms with Crippen molar-refractivity contribution in [1.29, 1.82) is 0 Å². The number of methoxy groups -OCH3 is 1. The average Bonchev–Trinajstić information content (AvgIpc) is 2.56. The van der Waals surface area contributed by atoms with Gasteiger partial charge in [-0.15, -0.1) is 0 Å². The number of amides is 2. The largest absolute Gasteiger partial charge is 0.379 e. The summed E-state index contributed by atoms with van der Waals surface area (Å²) >= 11 is 0. The summed E-state index contributed by atoms with van der Waals surface area (Å²) in [5.74, 6) is 0.985. The van der Waals surface area contributed by atoms with E-state index in [4.69, 9.17) is 4.74 Å². The van der Waals surface area contributed by atoms with E-state index in [1.807, 2.05) is 30.3 Å². The first-order valence-electron chi connectivity index (χ1n) is 8.15. The van der Waals surface area contributed by atoms with Crippen LogP contribution in [0, 0.1) is 0 Å². The van der Waals surface area contributed by atoms with Crippen molar-refractivity contribution in [1.82, 2.24) is 10.6 Å². The molecule has 3 atom stereocenters. The van der Waals surface area contributed by atoms with Gasteiger partial charge in [0.15, 0.2) is 0 Å². The molecule has 2 rings (SSSR count). The minimum absolute atomic E-state index is 0.0727. The Labute approximate surface area is 140 Å². The number of nitrogens with one attached hydrogen (secondary N) is 2. The first-order valence-corrected chi connectivity index (χ1v) is 9.64. The fraction of sp³-hybridized carbons (Fsp3) is 0.588. The molecular formula is C17H26N2O3S. The molecule has 0 bridgehead atoms. The summed E-state index contributed by atoms with van der Waals surface area (Å²) < 4.78 is 17.4. The lowest BCUT2D eigenvalue weighted by molar-refractivity contribution is 0.0452. The molecule has 0 aromatic heterocycles. The number of benzene rings is 1. The summed E-state index contributed by atoms with van der Waals surface area (Å²) in [6.45, 7) is 0.412. The highest BCUT2D eigenvalue weighted by Gasteiger charge is 2.26. The maximum atomic E-state index is 12.0. The van der Waals surface area contributed by atoms with E-state index in [1.54, 1.807) is 7.11 Å². The van der Waals surface area contributed by atoms with E-state index < -0.39 is 10.8 Å². The molecule has 1 aromatic carbocycles. The lowest BCUT2D eigenvalue weighted by Gasteiger charge is -2.31. The molecule has 23 heavy (non-hydrogen) atoms. The highest BCUT2D eigenvalue weighted by atomic mass is 32.2. The van der Waals surface area contributed by atoms with Crippen LogP contribution in [0.1, 0.15) is 31.2 Å². The van der Waals surface area contributed by atoms with E-state index >= 15 is 0 Å². The number of hydrogen-bond donors (Lipinski definition) is 2. The van der Waals surface area contributed by atoms with Crippen LogP contribution in [0.3, 0.4) is 0 Å². The molecule has 0 heterocycles. The van der Waals surface area contributed by atoms with Gasteiger partial charge in [0.25, 0.3) is 0 Å². The Hall–Kier alpha value is -1.40. The van der Waals surface area contributed by atoms with Gasteiger partial charge in [0.2, 0.25) is 0 Å². The fourth-order valence-electron chi connectivity index (χ4n) is 2.87. The zero-order chi connectivity index (χ0) is 16.5. The minimum Gasteiger partial charge on any atom is -0.379 e. The van der Waals surface area contributed by atoms with Crippen LogP contribution in [-0.4, -0.2) is 41.8 Å². The van der Waals surface area contributed by atoms with Crippen LogP contribution < -0.4 is 10.6 Å². The van der Waals surface area contributed by atoms with Gasteiger partial charge in [-0.05, 0) is 18.4 Å². The smallest absolute Gasteiger partial charge is 0.315 e. The number of hydrogen-bond acceptors (Lipinski definition) is 3. The molecular weight excluding hydrogens is 312 g/mol. The monoisotopic (exact) mass is 338 g/mol. The molecule has 1 aliphatic rings. The topological polar surface area (TPSA) is 67.4 Å². The summed E-state index contributed by atoms with van der Waals surface area (Å²) in [5.41, 5.74) is 1.06. The van der Waals surface area contributed by atoms with Crippen molar-refractivity contribution < 1.29 is 13.7 Å². The summed E-state index contributed by atoms with van der Waals surface area (Å²) in [4.78, 5) is 11.9. The van der Waals surface area contributed by atoms with Crippen molar-refractivity contribution in [3.63, 3.8) is 0 Å². The molecule has 0 aliphatic heterocycles. The normalized spacial score (nSPS) is 22.3. The van der Waals surface area contributed by atoms with Crippen LogP contribution in [0.5, 0.6) is 0 Å². The molecule has 6 heteroatoms. The Bertz CT molecular complexity index is 510. The minimum atomic E-state index is -0.970. The Morgan fingerprint density at radius 1 is 1.26 bits per heavy atom. The molecule has 2 amide bonds. The van der Waals surface area contributed by atoms with E-state index in [0.717, 1.165) is 31.2 Å². The fourth-order valence-corrected chi connectivity index (χ4v) is 3.91. The first kappa shape index (κ1) is 17.9. The van der Waals surface area contributed by atoms with E-state index in [9.17, 15) is 9.00 Å². The van der Waals surface area contributed by atoms with Crippen molar-refractivity contribution in [3.05, 3.63) is 35.9 Å². The molecule has 0 radical (unpaired) electrons. The number of urea groups is 1. The predicted octanol–water partition coefficient (Wildman–Crippen LogP) is 2.19. The number of carbonyl (C=O) groups is 1. The van der Waals surface area contributed by atoms with Gasteiger partial charge < -0.3 is 15.4 Å². The molecule has 1 aliphatic carbocycles. The third-order valence-electron chi connectivity index (χ3n) is 4.11. The summed E-state index contributed by atoms with van der Waals surface area (Å²) in [6.07, 6.45) is 4.30. The van der Waals surface area contributed by atoms with Gasteiger partial charge in [-0.2, -0.15) is 0 Å². The Balaban J connectivity index is 1.65. The predicted molar refractivity (Wildman–Crippen MR) is 92.7 cm³/mol. The standard InChI is InChI=1S/C17H26N2O3S/c1-22-16-10-6-5-9-15(16)19-17(20)18-11-12-23(21)13-14-7-3-2-4-8-14/h2-4,7-8,15-16H,5-6,9-13H2,1H3,(H2,18,19,20)/t15-,16+,23+/m0/s1. The van der Waals surface area contributed by atoms with Gasteiger partial charge in [-0.1, -0.05) is 43.2 Å². The molecule has 1 saturated carbocycles. The molecule has 2 N–H and O–H groups in total. The van der Waals surface area contributed by atoms with E-state index in [-0.39, 0.29) is 18.2 Å². The van der Waals surface area contributed by atoms with Crippen molar-refractivity contribution in [2.45, 2.75) is 43.6 Å². The van der Waals surface area contributed by atoms with Gasteiger partial charge in [0.1, 0.15) is 0 Å². The molecule has 1 fully saturated rings. The van der Waals surface area contributed by atoms with E-state index in [1.165, 1.54) is 0 Å². The van der Waals surface area contributed by atoms with Crippen LogP contribution in [0.15, 0.2) is 30.3 Å². The maximum absolute atomic E-state index is 12.0. The first-order chi connectivity index (χ1) is 11.2. The molecule has 128 valence electrons. The lowest BCUT2D eigenvalue weighted by Crippen LogP contribution is -2.50. The molecule has 1 aromatic rings. The highest BCUT2D eigenvalue weighted by Crippen LogP contribution is 2.20. The zero-order valence-corrected chi connectivity index (χ0v) is 14.4. The van der Waals surface area contributed by atoms with Gasteiger partial charge >= 0.3 is 6.03 Å². The second-order valence-electron chi connectivity index (χ2n) is 5.84. The third kappa shape index (κ3) is 6.31. The van der Waals surface area contributed by atoms with Gasteiger partial charge in [-0.3, -0.25) is 4.21 Å². The van der Waals surface area contributed by atoms with Gasteiger partial charge in [-0.25, -0.2) is 4.79 Å². The summed E-state index contributed by atoms with van der Waals surface area (Å²) in [6, 6.07) is 9.62. The highest BCUT2D eigenvalue weighted by molar-refractivity contribution is 7.84. The maximum Gasteiger partial charge on any atom is 0.315 e. The molecule has 0 saturated heterocycles. The van der Waals surface area contributed by atoms with Crippen LogP contribution in [0.2, 0.25) is 0 Å². The molecule has 5 nitrogen and oxygen atoms in total. The second-order valence-corrected chi connectivity index (χ2v) is 7.42. The van der Waals surface area contributed by atoms with Gasteiger partial charge in [0, 0.05) is 36.0 Å². The van der Waals surface area contributed by atoms with Crippen LogP contribution in [0.25, 0.3) is 0 Å². The summed E-state index contributed by atoms with van der Waals surface area (Å²) in [5, 5.41) is 5.76. The quantitative estimate of drug-likeness (QED) is 0.801. The summed E-state index contributed by atoms with van der Waals surface area (Å²) in [7, 11) is 0.720. The Morgan fingerprint density at radius 3 is 2.74 bits per heavy atom. The molecule has 0 unspecified atom stereocenters. The van der Waals surface area contributed by atoms with Crippen LogP contribution in [-0.2, 0) is 21.3 Å². The van der Waals surface area contributed by atoms with Crippen molar-refractivity contribution >= 4 is 16.8 Å². The van der Waals surface area contributed by atoms with E-state index in [2.05, 4.69) is 10.6 Å². The lowest BCUT2D eigenvalue weighted by atomic mass is 9.92. The van der Waals surface area contributed by atoms with E-state index in [0.29, 0.717) is 18.1 Å². The van der Waals surface area contributed by atoms with Crippen LogP contribution in [0.4, 0.5) is 4.79 Å². The van der Waals surface area contributed by atoms with Gasteiger partial charge in [0.05, 0.1) is 12.1 Å².